The Morgan fingerprint density at radius 1 is 1.11 bits per heavy atom. The molecule has 3 nitrogen and oxygen atoms in total. The van der Waals surface area contributed by atoms with Crippen molar-refractivity contribution in [2.75, 3.05) is 5.32 Å². The number of fused-ring (bicyclic) bond motifs is 1. The van der Waals surface area contributed by atoms with Crippen LogP contribution in [0.25, 0.3) is 10.9 Å². The Labute approximate surface area is 108 Å². The highest BCUT2D eigenvalue weighted by molar-refractivity contribution is 5.90. The molecule has 0 saturated carbocycles. The molecule has 1 aromatic heterocycles. The van der Waals surface area contributed by atoms with Gasteiger partial charge in [-0.3, -0.25) is 5.10 Å². The first-order valence-corrected chi connectivity index (χ1v) is 5.83. The van der Waals surface area contributed by atoms with Crippen LogP contribution in [0, 0.1) is 11.6 Å². The summed E-state index contributed by atoms with van der Waals surface area (Å²) in [6.45, 7) is 0.346. The van der Waals surface area contributed by atoms with Gasteiger partial charge in [0.05, 0.1) is 11.7 Å². The number of halogens is 2. The highest BCUT2D eigenvalue weighted by atomic mass is 19.1. The van der Waals surface area contributed by atoms with E-state index in [2.05, 4.69) is 15.5 Å². The van der Waals surface area contributed by atoms with Crippen molar-refractivity contribution in [2.45, 2.75) is 6.54 Å². The van der Waals surface area contributed by atoms with Gasteiger partial charge in [-0.2, -0.15) is 5.10 Å². The molecule has 19 heavy (non-hydrogen) atoms. The lowest BCUT2D eigenvalue weighted by atomic mass is 10.2. The van der Waals surface area contributed by atoms with Crippen molar-refractivity contribution < 1.29 is 8.78 Å². The maximum Gasteiger partial charge on any atom is 0.126 e. The molecular formula is C14H11F2N3. The third kappa shape index (κ3) is 2.40. The molecule has 0 aliphatic rings. The molecule has 2 aromatic carbocycles. The smallest absolute Gasteiger partial charge is 0.126 e. The van der Waals surface area contributed by atoms with Crippen LogP contribution in [0.2, 0.25) is 0 Å². The minimum absolute atomic E-state index is 0.346. The summed E-state index contributed by atoms with van der Waals surface area (Å²) in [6, 6.07) is 9.18. The van der Waals surface area contributed by atoms with Gasteiger partial charge in [0, 0.05) is 23.7 Å². The van der Waals surface area contributed by atoms with Gasteiger partial charge in [0.15, 0.2) is 0 Å². The molecule has 0 amide bonds. The minimum Gasteiger partial charge on any atom is -0.380 e. The van der Waals surface area contributed by atoms with Crippen molar-refractivity contribution in [3.8, 4) is 0 Å². The fraction of sp³-hybridized carbons (Fsp3) is 0.0714. The van der Waals surface area contributed by atoms with Gasteiger partial charge in [0.2, 0.25) is 0 Å². The maximum atomic E-state index is 13.1. The average molecular weight is 259 g/mol. The standard InChI is InChI=1S/C14H11F2N3/c15-10-4-9(5-11(16)6-10)7-17-13-2-1-3-14-12(13)8-18-19-14/h1-6,8,17H,7H2,(H,18,19). The quantitative estimate of drug-likeness (QED) is 0.756. The number of benzene rings is 2. The number of anilines is 1. The van der Waals surface area contributed by atoms with Gasteiger partial charge in [0.1, 0.15) is 11.6 Å². The lowest BCUT2D eigenvalue weighted by Gasteiger charge is -2.08. The van der Waals surface area contributed by atoms with E-state index >= 15 is 0 Å². The molecule has 5 heteroatoms. The zero-order valence-corrected chi connectivity index (χ0v) is 9.95. The Morgan fingerprint density at radius 2 is 1.89 bits per heavy atom. The zero-order chi connectivity index (χ0) is 13.2. The van der Waals surface area contributed by atoms with E-state index in [9.17, 15) is 8.78 Å². The van der Waals surface area contributed by atoms with Crippen LogP contribution in [0.5, 0.6) is 0 Å². The summed E-state index contributed by atoms with van der Waals surface area (Å²) in [4.78, 5) is 0. The Bertz CT molecular complexity index is 701. The third-order valence-electron chi connectivity index (χ3n) is 2.89. The molecule has 96 valence electrons. The summed E-state index contributed by atoms with van der Waals surface area (Å²) in [6.07, 6.45) is 1.71. The number of nitrogens with zero attached hydrogens (tertiary/aromatic N) is 1. The zero-order valence-electron chi connectivity index (χ0n) is 9.95. The van der Waals surface area contributed by atoms with Gasteiger partial charge < -0.3 is 5.32 Å². The first kappa shape index (κ1) is 11.6. The summed E-state index contributed by atoms with van der Waals surface area (Å²) >= 11 is 0. The number of aromatic nitrogens is 2. The van der Waals surface area contributed by atoms with Crippen LogP contribution < -0.4 is 5.32 Å². The summed E-state index contributed by atoms with van der Waals surface area (Å²) in [5.74, 6) is -1.14. The number of nitrogens with one attached hydrogen (secondary N) is 2. The van der Waals surface area contributed by atoms with Gasteiger partial charge in [0.25, 0.3) is 0 Å². The largest absolute Gasteiger partial charge is 0.380 e. The van der Waals surface area contributed by atoms with Crippen LogP contribution in [-0.4, -0.2) is 10.2 Å². The highest BCUT2D eigenvalue weighted by Crippen LogP contribution is 2.21. The number of aromatic amines is 1. The molecule has 0 radical (unpaired) electrons. The van der Waals surface area contributed by atoms with E-state index in [1.807, 2.05) is 18.2 Å². The van der Waals surface area contributed by atoms with Gasteiger partial charge >= 0.3 is 0 Å². The first-order valence-electron chi connectivity index (χ1n) is 5.83. The molecule has 0 fully saturated rings. The van der Waals surface area contributed by atoms with Gasteiger partial charge in [-0.1, -0.05) is 6.07 Å². The molecule has 0 bridgehead atoms. The number of hydrogen-bond acceptors (Lipinski definition) is 2. The predicted molar refractivity (Wildman–Crippen MR) is 69.8 cm³/mol. The van der Waals surface area contributed by atoms with Crippen molar-refractivity contribution in [3.63, 3.8) is 0 Å². The molecular weight excluding hydrogens is 248 g/mol. The first-order chi connectivity index (χ1) is 9.22. The molecule has 1 heterocycles. The number of rotatable bonds is 3. The Kier molecular flexibility index (Phi) is 2.87. The lowest BCUT2D eigenvalue weighted by molar-refractivity contribution is 0.580. The topological polar surface area (TPSA) is 40.7 Å². The minimum atomic E-state index is -0.571. The Balaban J connectivity index is 1.84. The molecule has 3 rings (SSSR count). The van der Waals surface area contributed by atoms with Crippen molar-refractivity contribution >= 4 is 16.6 Å². The van der Waals surface area contributed by atoms with Crippen LogP contribution in [0.4, 0.5) is 14.5 Å². The SMILES string of the molecule is Fc1cc(F)cc(CNc2cccc3[nH]ncc23)c1. The average Bonchev–Trinajstić information content (AvgIpc) is 2.83. The van der Waals surface area contributed by atoms with Crippen LogP contribution in [0.15, 0.2) is 42.6 Å². The maximum absolute atomic E-state index is 13.1. The Morgan fingerprint density at radius 3 is 2.68 bits per heavy atom. The van der Waals surface area contributed by atoms with Crippen LogP contribution in [-0.2, 0) is 6.54 Å². The second kappa shape index (κ2) is 4.68. The van der Waals surface area contributed by atoms with E-state index in [1.165, 1.54) is 12.1 Å². The molecule has 0 aliphatic heterocycles. The van der Waals surface area contributed by atoms with Crippen LogP contribution in [0.1, 0.15) is 5.56 Å². The monoisotopic (exact) mass is 259 g/mol. The number of H-pyrrole nitrogens is 1. The van der Waals surface area contributed by atoms with E-state index < -0.39 is 11.6 Å². The van der Waals surface area contributed by atoms with E-state index in [4.69, 9.17) is 0 Å². The van der Waals surface area contributed by atoms with Crippen molar-refractivity contribution in [1.29, 1.82) is 0 Å². The normalized spacial score (nSPS) is 10.8. The summed E-state index contributed by atoms with van der Waals surface area (Å²) in [5, 5.41) is 10.9. The molecule has 2 N–H and O–H groups in total. The molecule has 0 saturated heterocycles. The van der Waals surface area contributed by atoms with Crippen molar-refractivity contribution in [1.82, 2.24) is 10.2 Å². The predicted octanol–water partition coefficient (Wildman–Crippen LogP) is 3.45. The van der Waals surface area contributed by atoms with E-state index in [0.29, 0.717) is 12.1 Å². The van der Waals surface area contributed by atoms with Gasteiger partial charge in [-0.05, 0) is 29.8 Å². The number of hydrogen-bond donors (Lipinski definition) is 2. The van der Waals surface area contributed by atoms with Crippen LogP contribution >= 0.6 is 0 Å². The fourth-order valence-corrected chi connectivity index (χ4v) is 2.03. The second-order valence-electron chi connectivity index (χ2n) is 4.27. The third-order valence-corrected chi connectivity index (χ3v) is 2.89. The van der Waals surface area contributed by atoms with E-state index in [0.717, 1.165) is 22.7 Å². The highest BCUT2D eigenvalue weighted by Gasteiger charge is 2.04. The summed E-state index contributed by atoms with van der Waals surface area (Å²) in [7, 11) is 0. The molecule has 0 atom stereocenters. The van der Waals surface area contributed by atoms with Gasteiger partial charge in [-0.25, -0.2) is 8.78 Å². The molecule has 0 aliphatic carbocycles. The van der Waals surface area contributed by atoms with Crippen molar-refractivity contribution in [2.24, 2.45) is 0 Å². The summed E-state index contributed by atoms with van der Waals surface area (Å²) < 4.78 is 26.1. The lowest BCUT2D eigenvalue weighted by Crippen LogP contribution is -2.00. The van der Waals surface area contributed by atoms with Crippen molar-refractivity contribution in [3.05, 3.63) is 59.8 Å². The molecule has 0 spiro atoms. The molecule has 0 unspecified atom stereocenters. The van der Waals surface area contributed by atoms with Gasteiger partial charge in [-0.15, -0.1) is 0 Å². The molecule has 3 aromatic rings. The van der Waals surface area contributed by atoms with Crippen LogP contribution in [0.3, 0.4) is 0 Å². The Hall–Kier alpha value is -2.43. The van der Waals surface area contributed by atoms with E-state index in [1.54, 1.807) is 6.20 Å². The second-order valence-corrected chi connectivity index (χ2v) is 4.27. The summed E-state index contributed by atoms with van der Waals surface area (Å²) in [5.41, 5.74) is 2.34. The van der Waals surface area contributed by atoms with E-state index in [-0.39, 0.29) is 0 Å². The fourth-order valence-electron chi connectivity index (χ4n) is 2.03.